The Kier molecular flexibility index (Phi) is 10.3. The van der Waals surface area contributed by atoms with Crippen LogP contribution in [0.15, 0.2) is 36.7 Å². The third kappa shape index (κ3) is 11.6. The average molecular weight is 511 g/mol. The summed E-state index contributed by atoms with van der Waals surface area (Å²) in [7, 11) is 0. The highest BCUT2D eigenvalue weighted by atomic mass is 19.4. The summed E-state index contributed by atoms with van der Waals surface area (Å²) in [4.78, 5) is 19.6. The molecule has 0 radical (unpaired) electrons. The molecule has 1 aromatic heterocycles. The van der Waals surface area contributed by atoms with Gasteiger partial charge in [-0.1, -0.05) is 0 Å². The van der Waals surface area contributed by atoms with Gasteiger partial charge < -0.3 is 25.2 Å². The highest BCUT2D eigenvalue weighted by molar-refractivity contribution is 5.73. The molecular weight excluding hydrogens is 488 g/mol. The van der Waals surface area contributed by atoms with Crippen LogP contribution in [0.25, 0.3) is 0 Å². The molecule has 3 N–H and O–H groups in total. The number of aliphatic carboxylic acids is 1. The Morgan fingerprint density at radius 1 is 1.06 bits per heavy atom. The number of carboxylic acids is 1. The Morgan fingerprint density at radius 3 is 2.23 bits per heavy atom. The molecule has 15 heteroatoms. The molecule has 0 spiro atoms. The molecule has 194 valence electrons. The first kappa shape index (κ1) is 27.9. The fourth-order valence-electron chi connectivity index (χ4n) is 2.75. The van der Waals surface area contributed by atoms with Gasteiger partial charge in [-0.25, -0.2) is 14.8 Å². The van der Waals surface area contributed by atoms with Gasteiger partial charge in [0.25, 0.3) is 0 Å². The summed E-state index contributed by atoms with van der Waals surface area (Å²) >= 11 is 0. The molecule has 1 aliphatic rings. The summed E-state index contributed by atoms with van der Waals surface area (Å²) in [6.07, 6.45) is -7.38. The van der Waals surface area contributed by atoms with Gasteiger partial charge in [0.1, 0.15) is 23.7 Å². The van der Waals surface area contributed by atoms with Crippen LogP contribution < -0.4 is 15.4 Å². The normalized spacial score (nSPS) is 14.5. The van der Waals surface area contributed by atoms with Crippen LogP contribution in [-0.4, -0.2) is 77.9 Å². The number of morpholine rings is 1. The third-order valence-corrected chi connectivity index (χ3v) is 4.33. The van der Waals surface area contributed by atoms with Crippen molar-refractivity contribution >= 4 is 23.3 Å². The monoisotopic (exact) mass is 511 g/mol. The molecule has 2 aromatic rings. The number of anilines is 3. The lowest BCUT2D eigenvalue weighted by Crippen LogP contribution is -2.37. The Labute approximate surface area is 196 Å². The number of nitrogens with zero attached hydrogens (tertiary/aromatic N) is 3. The molecule has 0 bridgehead atoms. The van der Waals surface area contributed by atoms with Crippen LogP contribution in [-0.2, 0) is 9.53 Å². The minimum Gasteiger partial charge on any atom is -0.475 e. The molecule has 1 aliphatic heterocycles. The molecule has 35 heavy (non-hydrogen) atoms. The molecular formula is C20H23F6N5O4. The number of benzene rings is 1. The fraction of sp³-hybridized carbons (Fsp3) is 0.450. The zero-order valence-electron chi connectivity index (χ0n) is 18.2. The van der Waals surface area contributed by atoms with Gasteiger partial charge in [0.05, 0.1) is 13.2 Å². The molecule has 0 atom stereocenters. The number of nitrogens with one attached hydrogen (secondary N) is 2. The van der Waals surface area contributed by atoms with Crippen molar-refractivity contribution in [1.82, 2.24) is 14.9 Å². The Morgan fingerprint density at radius 2 is 1.66 bits per heavy atom. The van der Waals surface area contributed by atoms with Crippen LogP contribution >= 0.6 is 0 Å². The fourth-order valence-corrected chi connectivity index (χ4v) is 2.75. The van der Waals surface area contributed by atoms with Crippen molar-refractivity contribution < 1.29 is 45.7 Å². The van der Waals surface area contributed by atoms with Crippen molar-refractivity contribution in [2.24, 2.45) is 0 Å². The van der Waals surface area contributed by atoms with Crippen LogP contribution in [0.1, 0.15) is 6.42 Å². The second-order valence-corrected chi connectivity index (χ2v) is 7.02. The first-order valence-electron chi connectivity index (χ1n) is 10.2. The predicted molar refractivity (Wildman–Crippen MR) is 112 cm³/mol. The van der Waals surface area contributed by atoms with E-state index in [-0.39, 0.29) is 5.75 Å². The molecule has 9 nitrogen and oxygen atoms in total. The van der Waals surface area contributed by atoms with Crippen molar-refractivity contribution in [3.8, 4) is 5.75 Å². The second kappa shape index (κ2) is 12.9. The molecule has 0 aliphatic carbocycles. The van der Waals surface area contributed by atoms with E-state index in [1.54, 1.807) is 6.07 Å². The van der Waals surface area contributed by atoms with Crippen molar-refractivity contribution in [3.63, 3.8) is 0 Å². The van der Waals surface area contributed by atoms with Gasteiger partial charge in [-0.2, -0.15) is 13.2 Å². The molecule has 0 saturated carbocycles. The largest absolute Gasteiger partial charge is 0.573 e. The van der Waals surface area contributed by atoms with Crippen LogP contribution in [0, 0.1) is 0 Å². The minimum absolute atomic E-state index is 0.275. The predicted octanol–water partition coefficient (Wildman–Crippen LogP) is 3.89. The Bertz CT molecular complexity index is 921. The van der Waals surface area contributed by atoms with E-state index >= 15 is 0 Å². The summed E-state index contributed by atoms with van der Waals surface area (Å²) in [6, 6.07) is 7.19. The molecule has 1 aromatic carbocycles. The molecule has 1 saturated heterocycles. The van der Waals surface area contributed by atoms with E-state index < -0.39 is 18.5 Å². The van der Waals surface area contributed by atoms with Crippen molar-refractivity contribution in [2.75, 3.05) is 50.0 Å². The highest BCUT2D eigenvalue weighted by Crippen LogP contribution is 2.25. The van der Waals surface area contributed by atoms with Gasteiger partial charge in [0.15, 0.2) is 0 Å². The number of halogens is 6. The number of aromatic nitrogens is 2. The van der Waals surface area contributed by atoms with E-state index in [0.717, 1.165) is 45.8 Å². The zero-order chi connectivity index (χ0) is 25.9. The van der Waals surface area contributed by atoms with Crippen LogP contribution in [0.4, 0.5) is 43.7 Å². The Hall–Kier alpha value is -3.33. The number of ether oxygens (including phenoxy) is 2. The summed E-state index contributed by atoms with van der Waals surface area (Å²) < 4.78 is 77.5. The molecule has 1 fully saturated rings. The maximum atomic E-state index is 12.2. The standard InChI is InChI=1S/C18H22F3N5O2.C2HF3O2/c19-18(20,21)28-15-4-2-14(3-5-15)25-17-12-16(23-13-24-17)22-6-1-7-26-8-10-27-11-9-26;3-2(4,5)1(6)7/h2-5,12-13H,1,6-11H2,(H2,22,23,24,25);(H,6,7). The molecule has 0 amide bonds. The zero-order valence-corrected chi connectivity index (χ0v) is 18.2. The second-order valence-electron chi connectivity index (χ2n) is 7.02. The third-order valence-electron chi connectivity index (χ3n) is 4.33. The number of alkyl halides is 6. The van der Waals surface area contributed by atoms with Gasteiger partial charge in [0.2, 0.25) is 0 Å². The van der Waals surface area contributed by atoms with Gasteiger partial charge in [-0.15, -0.1) is 13.2 Å². The first-order chi connectivity index (χ1) is 16.4. The Balaban J connectivity index is 0.000000540. The number of carboxylic acid groups (broad SMARTS) is 1. The smallest absolute Gasteiger partial charge is 0.475 e. The van der Waals surface area contributed by atoms with E-state index in [1.807, 2.05) is 0 Å². The lowest BCUT2D eigenvalue weighted by molar-refractivity contribution is -0.274. The first-order valence-corrected chi connectivity index (χ1v) is 10.2. The van der Waals surface area contributed by atoms with Crippen LogP contribution in [0.5, 0.6) is 5.75 Å². The maximum Gasteiger partial charge on any atom is 0.573 e. The number of rotatable bonds is 8. The van der Waals surface area contributed by atoms with Crippen molar-refractivity contribution in [1.29, 1.82) is 0 Å². The van der Waals surface area contributed by atoms with E-state index in [2.05, 4.69) is 30.2 Å². The summed E-state index contributed by atoms with van der Waals surface area (Å²) in [6.45, 7) is 5.29. The maximum absolute atomic E-state index is 12.2. The van der Waals surface area contributed by atoms with E-state index in [1.165, 1.54) is 30.6 Å². The van der Waals surface area contributed by atoms with Gasteiger partial charge in [0, 0.05) is 31.4 Å². The van der Waals surface area contributed by atoms with Crippen molar-refractivity contribution in [3.05, 3.63) is 36.7 Å². The number of hydrogen-bond donors (Lipinski definition) is 3. The lowest BCUT2D eigenvalue weighted by Gasteiger charge is -2.26. The SMILES string of the molecule is FC(F)(F)Oc1ccc(Nc2cc(NCCCN3CCOCC3)ncn2)cc1.O=C(O)C(F)(F)F. The van der Waals surface area contributed by atoms with Gasteiger partial charge >= 0.3 is 18.5 Å². The van der Waals surface area contributed by atoms with Crippen LogP contribution in [0.2, 0.25) is 0 Å². The summed E-state index contributed by atoms with van der Waals surface area (Å²) in [5.41, 5.74) is 0.589. The molecule has 2 heterocycles. The van der Waals surface area contributed by atoms with Gasteiger partial charge in [-0.05, 0) is 37.2 Å². The minimum atomic E-state index is -5.08. The quantitative estimate of drug-likeness (QED) is 0.359. The van der Waals surface area contributed by atoms with E-state index in [9.17, 15) is 26.3 Å². The highest BCUT2D eigenvalue weighted by Gasteiger charge is 2.38. The molecule has 0 unspecified atom stereocenters. The van der Waals surface area contributed by atoms with E-state index in [0.29, 0.717) is 17.3 Å². The number of hydrogen-bond acceptors (Lipinski definition) is 8. The summed E-state index contributed by atoms with van der Waals surface area (Å²) in [5, 5.41) is 13.4. The van der Waals surface area contributed by atoms with Crippen LogP contribution in [0.3, 0.4) is 0 Å². The summed E-state index contributed by atoms with van der Waals surface area (Å²) in [5.74, 6) is -1.82. The lowest BCUT2D eigenvalue weighted by atomic mass is 10.3. The number of carbonyl (C=O) groups is 1. The van der Waals surface area contributed by atoms with E-state index in [4.69, 9.17) is 14.6 Å². The average Bonchev–Trinajstić information content (AvgIpc) is 2.78. The topological polar surface area (TPSA) is 109 Å². The van der Waals surface area contributed by atoms with Crippen molar-refractivity contribution in [2.45, 2.75) is 19.0 Å². The van der Waals surface area contributed by atoms with Gasteiger partial charge in [-0.3, -0.25) is 4.90 Å². The molecule has 3 rings (SSSR count).